The molecule has 2 nitrogen and oxygen atoms in total. The van der Waals surface area contributed by atoms with Crippen LogP contribution in [0, 0.1) is 0 Å². The van der Waals surface area contributed by atoms with Crippen molar-refractivity contribution in [3.05, 3.63) is 34.3 Å². The first kappa shape index (κ1) is 13.6. The zero-order valence-electron chi connectivity index (χ0n) is 10.8. The third-order valence-corrected chi connectivity index (χ3v) is 4.00. The second-order valence-corrected chi connectivity index (χ2v) is 5.49. The van der Waals surface area contributed by atoms with Gasteiger partial charge in [0.25, 0.3) is 0 Å². The van der Waals surface area contributed by atoms with Crippen LogP contribution in [0.4, 0.5) is 0 Å². The van der Waals surface area contributed by atoms with Crippen LogP contribution in [0.2, 0.25) is 5.02 Å². The molecule has 0 unspecified atom stereocenters. The Balaban J connectivity index is 1.94. The molecule has 0 spiro atoms. The number of hydrogen-bond donors (Lipinski definition) is 1. The predicted octanol–water partition coefficient (Wildman–Crippen LogP) is 3.96. The van der Waals surface area contributed by atoms with Crippen LogP contribution < -0.4 is 5.32 Å². The smallest absolute Gasteiger partial charge is 0.159 e. The SMILES string of the molecule is CC(=O)c1ccc(CNC2CCCCC2)c(Cl)c1. The lowest BCUT2D eigenvalue weighted by atomic mass is 9.95. The van der Waals surface area contributed by atoms with Crippen molar-refractivity contribution < 1.29 is 4.79 Å². The van der Waals surface area contributed by atoms with Crippen molar-refractivity contribution in [2.24, 2.45) is 0 Å². The number of nitrogens with one attached hydrogen (secondary N) is 1. The van der Waals surface area contributed by atoms with Crippen LogP contribution >= 0.6 is 11.6 Å². The Labute approximate surface area is 114 Å². The Hall–Kier alpha value is -0.860. The molecule has 1 N–H and O–H groups in total. The van der Waals surface area contributed by atoms with Gasteiger partial charge in [-0.15, -0.1) is 0 Å². The molecule has 18 heavy (non-hydrogen) atoms. The lowest BCUT2D eigenvalue weighted by Gasteiger charge is -2.23. The van der Waals surface area contributed by atoms with Crippen LogP contribution in [0.1, 0.15) is 54.9 Å². The molecule has 0 saturated heterocycles. The van der Waals surface area contributed by atoms with E-state index in [-0.39, 0.29) is 5.78 Å². The maximum atomic E-state index is 11.2. The molecule has 1 fully saturated rings. The fraction of sp³-hybridized carbons (Fsp3) is 0.533. The lowest BCUT2D eigenvalue weighted by molar-refractivity contribution is 0.101. The lowest BCUT2D eigenvalue weighted by Crippen LogP contribution is -2.30. The monoisotopic (exact) mass is 265 g/mol. The first-order valence-corrected chi connectivity index (χ1v) is 7.07. The highest BCUT2D eigenvalue weighted by molar-refractivity contribution is 6.31. The van der Waals surface area contributed by atoms with Gasteiger partial charge in [0, 0.05) is 23.2 Å². The summed E-state index contributed by atoms with van der Waals surface area (Å²) < 4.78 is 0. The van der Waals surface area contributed by atoms with E-state index in [4.69, 9.17) is 11.6 Å². The van der Waals surface area contributed by atoms with Gasteiger partial charge in [0.05, 0.1) is 0 Å². The van der Waals surface area contributed by atoms with Crippen LogP contribution in [0.3, 0.4) is 0 Å². The van der Waals surface area contributed by atoms with Gasteiger partial charge in [-0.2, -0.15) is 0 Å². The largest absolute Gasteiger partial charge is 0.310 e. The molecule has 0 heterocycles. The summed E-state index contributed by atoms with van der Waals surface area (Å²) in [7, 11) is 0. The molecule has 98 valence electrons. The number of Topliss-reactive ketones (excluding diaryl/α,β-unsaturated/α-hetero) is 1. The van der Waals surface area contributed by atoms with Crippen LogP contribution in [0.5, 0.6) is 0 Å². The van der Waals surface area contributed by atoms with Crippen molar-refractivity contribution in [1.82, 2.24) is 5.32 Å². The summed E-state index contributed by atoms with van der Waals surface area (Å²) in [4.78, 5) is 11.2. The first-order valence-electron chi connectivity index (χ1n) is 6.69. The average molecular weight is 266 g/mol. The Kier molecular flexibility index (Phi) is 4.79. The maximum absolute atomic E-state index is 11.2. The number of halogens is 1. The normalized spacial score (nSPS) is 16.8. The molecule has 0 amide bonds. The number of hydrogen-bond acceptors (Lipinski definition) is 2. The molecule has 0 atom stereocenters. The fourth-order valence-corrected chi connectivity index (χ4v) is 2.72. The van der Waals surface area contributed by atoms with Gasteiger partial charge in [0.1, 0.15) is 0 Å². The van der Waals surface area contributed by atoms with Crippen LogP contribution in [0.25, 0.3) is 0 Å². The van der Waals surface area contributed by atoms with Gasteiger partial charge in [-0.25, -0.2) is 0 Å². The minimum Gasteiger partial charge on any atom is -0.310 e. The van der Waals surface area contributed by atoms with Gasteiger partial charge in [-0.1, -0.05) is 43.0 Å². The van der Waals surface area contributed by atoms with Crippen LogP contribution in [-0.2, 0) is 6.54 Å². The highest BCUT2D eigenvalue weighted by Gasteiger charge is 2.13. The van der Waals surface area contributed by atoms with Gasteiger partial charge in [0.15, 0.2) is 5.78 Å². The molecule has 1 aromatic rings. The molecule has 0 aromatic heterocycles. The van der Waals surface area contributed by atoms with Gasteiger partial charge in [-0.05, 0) is 31.4 Å². The molecule has 0 bridgehead atoms. The van der Waals surface area contributed by atoms with Gasteiger partial charge < -0.3 is 5.32 Å². The van der Waals surface area contributed by atoms with Crippen LogP contribution in [0.15, 0.2) is 18.2 Å². The zero-order chi connectivity index (χ0) is 13.0. The number of carbonyl (C=O) groups excluding carboxylic acids is 1. The van der Waals surface area contributed by atoms with Crippen molar-refractivity contribution >= 4 is 17.4 Å². The van der Waals surface area contributed by atoms with E-state index in [1.54, 1.807) is 13.0 Å². The van der Waals surface area contributed by atoms with E-state index in [2.05, 4.69) is 5.32 Å². The van der Waals surface area contributed by atoms with E-state index < -0.39 is 0 Å². The molecular formula is C15H20ClNO. The minimum absolute atomic E-state index is 0.0590. The third kappa shape index (κ3) is 3.56. The molecule has 1 aliphatic carbocycles. The average Bonchev–Trinajstić information content (AvgIpc) is 2.38. The Morgan fingerprint density at radius 3 is 2.67 bits per heavy atom. The quantitative estimate of drug-likeness (QED) is 0.835. The highest BCUT2D eigenvalue weighted by atomic mass is 35.5. The molecule has 2 rings (SSSR count). The summed E-state index contributed by atoms with van der Waals surface area (Å²) in [6.45, 7) is 2.35. The van der Waals surface area contributed by atoms with E-state index in [1.165, 1.54) is 32.1 Å². The molecule has 0 aliphatic heterocycles. The van der Waals surface area contributed by atoms with E-state index in [0.29, 0.717) is 16.6 Å². The fourth-order valence-electron chi connectivity index (χ4n) is 2.47. The summed E-state index contributed by atoms with van der Waals surface area (Å²) in [5, 5.41) is 4.24. The Morgan fingerprint density at radius 1 is 1.33 bits per heavy atom. The molecule has 1 saturated carbocycles. The third-order valence-electron chi connectivity index (χ3n) is 3.65. The zero-order valence-corrected chi connectivity index (χ0v) is 11.6. The molecule has 1 aliphatic rings. The molecule has 0 radical (unpaired) electrons. The van der Waals surface area contributed by atoms with Crippen molar-refractivity contribution in [2.45, 2.75) is 51.6 Å². The van der Waals surface area contributed by atoms with Crippen LogP contribution in [-0.4, -0.2) is 11.8 Å². The predicted molar refractivity (Wildman–Crippen MR) is 75.2 cm³/mol. The summed E-state index contributed by atoms with van der Waals surface area (Å²) in [5.41, 5.74) is 1.76. The van der Waals surface area contributed by atoms with E-state index in [1.807, 2.05) is 12.1 Å². The molecular weight excluding hydrogens is 246 g/mol. The topological polar surface area (TPSA) is 29.1 Å². The second-order valence-electron chi connectivity index (χ2n) is 5.08. The van der Waals surface area contributed by atoms with E-state index in [0.717, 1.165) is 12.1 Å². The van der Waals surface area contributed by atoms with Crippen molar-refractivity contribution in [3.63, 3.8) is 0 Å². The summed E-state index contributed by atoms with van der Waals surface area (Å²) in [5.74, 6) is 0.0590. The minimum atomic E-state index is 0.0590. The highest BCUT2D eigenvalue weighted by Crippen LogP contribution is 2.21. The van der Waals surface area contributed by atoms with Crippen molar-refractivity contribution in [3.8, 4) is 0 Å². The molecule has 1 aromatic carbocycles. The summed E-state index contributed by atoms with van der Waals surface area (Å²) >= 11 is 6.20. The number of ketones is 1. The van der Waals surface area contributed by atoms with Crippen molar-refractivity contribution in [1.29, 1.82) is 0 Å². The molecule has 3 heteroatoms. The van der Waals surface area contributed by atoms with Crippen molar-refractivity contribution in [2.75, 3.05) is 0 Å². The Bertz CT molecular complexity index is 425. The van der Waals surface area contributed by atoms with Gasteiger partial charge in [-0.3, -0.25) is 4.79 Å². The first-order chi connectivity index (χ1) is 8.66. The summed E-state index contributed by atoms with van der Waals surface area (Å²) in [6.07, 6.45) is 6.56. The second kappa shape index (κ2) is 6.35. The maximum Gasteiger partial charge on any atom is 0.159 e. The number of carbonyl (C=O) groups is 1. The standard InChI is InChI=1S/C15H20ClNO/c1-11(18)12-7-8-13(15(16)9-12)10-17-14-5-3-2-4-6-14/h7-9,14,17H,2-6,10H2,1H3. The number of benzene rings is 1. The Morgan fingerprint density at radius 2 is 2.06 bits per heavy atom. The van der Waals surface area contributed by atoms with E-state index in [9.17, 15) is 4.79 Å². The van der Waals surface area contributed by atoms with Gasteiger partial charge in [0.2, 0.25) is 0 Å². The van der Waals surface area contributed by atoms with E-state index >= 15 is 0 Å². The van der Waals surface area contributed by atoms with Gasteiger partial charge >= 0.3 is 0 Å². The summed E-state index contributed by atoms with van der Waals surface area (Å²) in [6, 6.07) is 6.20. The number of rotatable bonds is 4.